The number of phenolic OH excluding ortho intramolecular Hbond substituents is 2. The Labute approximate surface area is 285 Å². The van der Waals surface area contributed by atoms with Crippen molar-refractivity contribution in [1.82, 2.24) is 0 Å². The van der Waals surface area contributed by atoms with Crippen LogP contribution in [0.1, 0.15) is 44.5 Å². The van der Waals surface area contributed by atoms with Crippen molar-refractivity contribution in [2.24, 2.45) is 0 Å². The lowest BCUT2D eigenvalue weighted by molar-refractivity contribution is 0.479. The maximum Gasteiger partial charge on any atom is 0.146 e. The Bertz CT molecular complexity index is 2340. The highest BCUT2D eigenvalue weighted by molar-refractivity contribution is 5.92. The summed E-state index contributed by atoms with van der Waals surface area (Å²) < 4.78 is 0. The van der Waals surface area contributed by atoms with Gasteiger partial charge in [-0.05, 0) is 93.0 Å². The second kappa shape index (κ2) is 11.5. The molecule has 0 aliphatic heterocycles. The topological polar surface area (TPSA) is 92.5 Å². The third-order valence-corrected chi connectivity index (χ3v) is 9.35. The van der Waals surface area contributed by atoms with Crippen molar-refractivity contribution >= 4 is 11.4 Å². The Kier molecular flexibility index (Phi) is 7.16. The summed E-state index contributed by atoms with van der Waals surface area (Å²) in [7, 11) is 0. The molecule has 0 heterocycles. The molecule has 6 aromatic carbocycles. The van der Waals surface area contributed by atoms with Crippen LogP contribution in [0.15, 0.2) is 109 Å². The lowest BCUT2D eigenvalue weighted by Gasteiger charge is -2.35. The summed E-state index contributed by atoms with van der Waals surface area (Å²) in [6.45, 7) is 0. The molecule has 0 atom stereocenters. The van der Waals surface area contributed by atoms with Crippen molar-refractivity contribution < 1.29 is 10.2 Å². The van der Waals surface area contributed by atoms with Gasteiger partial charge >= 0.3 is 0 Å². The SMILES string of the molecule is C#Cc1cc2c(cc1C#C)C(c1cc(N)c(O)c(-c3ccccc3)c1)(c1cc(N)c(O)c(-c3ccccc3)c1)c1cc(C#C)c(C#C)cc1-2. The van der Waals surface area contributed by atoms with Crippen molar-refractivity contribution in [3.8, 4) is 94.3 Å². The Balaban J connectivity index is 1.73. The largest absolute Gasteiger partial charge is 0.505 e. The Morgan fingerprint density at radius 1 is 0.449 bits per heavy atom. The zero-order valence-electron chi connectivity index (χ0n) is 26.3. The van der Waals surface area contributed by atoms with Crippen LogP contribution in [-0.4, -0.2) is 10.2 Å². The highest BCUT2D eigenvalue weighted by Gasteiger charge is 2.48. The van der Waals surface area contributed by atoms with Crippen LogP contribution < -0.4 is 11.5 Å². The maximum absolute atomic E-state index is 11.4. The zero-order chi connectivity index (χ0) is 34.4. The molecule has 4 heteroatoms. The molecule has 0 saturated heterocycles. The molecular weight excluding hydrogens is 601 g/mol. The predicted molar refractivity (Wildman–Crippen MR) is 199 cm³/mol. The minimum absolute atomic E-state index is 0.0577. The number of nitrogen functional groups attached to an aromatic ring is 2. The molecule has 0 radical (unpaired) electrons. The number of fused-ring (bicyclic) bond motifs is 3. The van der Waals surface area contributed by atoms with Crippen LogP contribution in [0.5, 0.6) is 11.5 Å². The summed E-state index contributed by atoms with van der Waals surface area (Å²) in [5.41, 5.74) is 21.6. The maximum atomic E-state index is 11.4. The first-order valence-electron chi connectivity index (χ1n) is 15.4. The van der Waals surface area contributed by atoms with Gasteiger partial charge in [0, 0.05) is 33.4 Å². The first-order valence-corrected chi connectivity index (χ1v) is 15.4. The van der Waals surface area contributed by atoms with Crippen LogP contribution in [0.3, 0.4) is 0 Å². The van der Waals surface area contributed by atoms with Gasteiger partial charge in [0.05, 0.1) is 16.8 Å². The van der Waals surface area contributed by atoms with Crippen LogP contribution >= 0.6 is 0 Å². The fourth-order valence-electron chi connectivity index (χ4n) is 7.10. The Hall–Kier alpha value is -7.24. The van der Waals surface area contributed by atoms with Gasteiger partial charge in [-0.2, -0.15) is 0 Å². The molecule has 6 aromatic rings. The minimum Gasteiger partial charge on any atom is -0.505 e. The second-order valence-corrected chi connectivity index (χ2v) is 11.9. The van der Waals surface area contributed by atoms with Crippen LogP contribution in [0.25, 0.3) is 33.4 Å². The van der Waals surface area contributed by atoms with E-state index in [0.717, 1.165) is 33.4 Å². The molecule has 0 fully saturated rings. The lowest BCUT2D eigenvalue weighted by Crippen LogP contribution is -2.29. The number of aromatic hydroxyl groups is 2. The third kappa shape index (κ3) is 4.49. The summed E-state index contributed by atoms with van der Waals surface area (Å²) in [6.07, 6.45) is 24.1. The van der Waals surface area contributed by atoms with E-state index in [0.29, 0.717) is 44.5 Å². The molecule has 0 bridgehead atoms. The molecule has 1 aliphatic rings. The summed E-state index contributed by atoms with van der Waals surface area (Å²) >= 11 is 0. The van der Waals surface area contributed by atoms with Gasteiger partial charge in [-0.1, -0.05) is 84.3 Å². The lowest BCUT2D eigenvalue weighted by atomic mass is 9.66. The van der Waals surface area contributed by atoms with Gasteiger partial charge in [0.15, 0.2) is 0 Å². The van der Waals surface area contributed by atoms with Gasteiger partial charge in [0.1, 0.15) is 11.5 Å². The predicted octanol–water partition coefficient (Wildman–Crippen LogP) is 7.88. The Morgan fingerprint density at radius 3 is 1.14 bits per heavy atom. The monoisotopic (exact) mass is 628 g/mol. The summed E-state index contributed by atoms with van der Waals surface area (Å²) in [6, 6.07) is 33.9. The van der Waals surface area contributed by atoms with Crippen LogP contribution in [0.4, 0.5) is 11.4 Å². The zero-order valence-corrected chi connectivity index (χ0v) is 26.3. The smallest absolute Gasteiger partial charge is 0.146 e. The van der Waals surface area contributed by atoms with E-state index in [1.165, 1.54) is 0 Å². The van der Waals surface area contributed by atoms with E-state index in [9.17, 15) is 10.2 Å². The first-order chi connectivity index (χ1) is 23.8. The number of phenols is 2. The minimum atomic E-state index is -1.20. The van der Waals surface area contributed by atoms with Gasteiger partial charge in [0.25, 0.3) is 0 Å². The standard InChI is InChI=1S/C45H28N2O2/c1-5-27-19-37-38-20-28(6-2)30(8-4)22-40(38)45(39(37)21-29(27)7-3,33-23-35(43(48)41(46)25-33)31-15-11-9-12-16-31)34-24-36(44(49)42(47)26-34)32-17-13-10-14-18-32/h1-4,9-26,48-49H,46-47H2. The van der Waals surface area contributed by atoms with Crippen LogP contribution in [0.2, 0.25) is 0 Å². The second-order valence-electron chi connectivity index (χ2n) is 11.9. The number of hydrogen-bond acceptors (Lipinski definition) is 4. The number of benzene rings is 6. The van der Waals surface area contributed by atoms with Crippen molar-refractivity contribution in [3.05, 3.63) is 154 Å². The summed E-state index contributed by atoms with van der Waals surface area (Å²) in [5, 5.41) is 22.7. The molecule has 0 amide bonds. The number of hydrogen-bond donors (Lipinski definition) is 4. The van der Waals surface area contributed by atoms with E-state index in [-0.39, 0.29) is 22.9 Å². The van der Waals surface area contributed by atoms with E-state index in [1.807, 2.05) is 97.1 Å². The molecule has 0 aromatic heterocycles. The molecule has 6 N–H and O–H groups in total. The molecule has 49 heavy (non-hydrogen) atoms. The van der Waals surface area contributed by atoms with E-state index in [4.69, 9.17) is 37.2 Å². The van der Waals surface area contributed by atoms with Crippen molar-refractivity contribution in [1.29, 1.82) is 0 Å². The molecule has 0 saturated carbocycles. The molecule has 0 spiro atoms. The van der Waals surface area contributed by atoms with Gasteiger partial charge in [0.2, 0.25) is 0 Å². The summed E-state index contributed by atoms with van der Waals surface area (Å²) in [4.78, 5) is 0. The molecule has 4 nitrogen and oxygen atoms in total. The van der Waals surface area contributed by atoms with Gasteiger partial charge in [-0.3, -0.25) is 0 Å². The van der Waals surface area contributed by atoms with Crippen molar-refractivity contribution in [3.63, 3.8) is 0 Å². The van der Waals surface area contributed by atoms with Crippen molar-refractivity contribution in [2.45, 2.75) is 5.41 Å². The van der Waals surface area contributed by atoms with Crippen LogP contribution in [-0.2, 0) is 5.41 Å². The summed E-state index contributed by atoms with van der Waals surface area (Å²) in [5.74, 6) is 10.9. The molecular formula is C45H28N2O2. The third-order valence-electron chi connectivity index (χ3n) is 9.35. The highest BCUT2D eigenvalue weighted by atomic mass is 16.3. The first kappa shape index (κ1) is 30.4. The van der Waals surface area contributed by atoms with Crippen molar-refractivity contribution in [2.75, 3.05) is 11.5 Å². The number of terminal acetylenes is 4. The number of nitrogens with two attached hydrogens (primary N) is 2. The molecule has 7 rings (SSSR count). The number of anilines is 2. The molecule has 1 aliphatic carbocycles. The average Bonchev–Trinajstić information content (AvgIpc) is 3.41. The van der Waals surface area contributed by atoms with Gasteiger partial charge in [-0.25, -0.2) is 0 Å². The highest BCUT2D eigenvalue weighted by Crippen LogP contribution is 2.59. The molecule has 0 unspecified atom stereocenters. The quantitative estimate of drug-likeness (QED) is 0.0907. The van der Waals surface area contributed by atoms with Gasteiger partial charge < -0.3 is 21.7 Å². The van der Waals surface area contributed by atoms with Crippen LogP contribution in [0, 0.1) is 49.4 Å². The van der Waals surface area contributed by atoms with E-state index < -0.39 is 5.41 Å². The van der Waals surface area contributed by atoms with E-state index in [1.54, 1.807) is 12.1 Å². The van der Waals surface area contributed by atoms with Gasteiger partial charge in [-0.15, -0.1) is 25.7 Å². The average molecular weight is 629 g/mol. The fraction of sp³-hybridized carbons (Fsp3) is 0.0222. The Morgan fingerprint density at radius 2 is 0.796 bits per heavy atom. The molecule has 230 valence electrons. The van der Waals surface area contributed by atoms with E-state index >= 15 is 0 Å². The normalized spacial score (nSPS) is 12.1. The fourth-order valence-corrected chi connectivity index (χ4v) is 7.10. The number of rotatable bonds is 4. The van der Waals surface area contributed by atoms with E-state index in [2.05, 4.69) is 23.7 Å².